The number of benzene rings is 3. The molecule has 0 N–H and O–H groups in total. The molecule has 0 heterocycles. The zero-order valence-electron chi connectivity index (χ0n) is 15.4. The van der Waals surface area contributed by atoms with Crippen LogP contribution >= 0.6 is 0 Å². The van der Waals surface area contributed by atoms with E-state index < -0.39 is 18.4 Å². The lowest BCUT2D eigenvalue weighted by Crippen LogP contribution is -2.05. The smallest absolute Gasteiger partial charge is 0.387 e. The minimum absolute atomic E-state index is 0.0139. The van der Waals surface area contributed by atoms with E-state index in [0.717, 1.165) is 0 Å². The van der Waals surface area contributed by atoms with Crippen LogP contribution in [0.15, 0.2) is 78.9 Å². The Bertz CT molecular complexity index is 1040. The van der Waals surface area contributed by atoms with E-state index >= 15 is 0 Å². The Morgan fingerprint density at radius 1 is 0.767 bits per heavy atom. The molecule has 0 bridgehead atoms. The van der Waals surface area contributed by atoms with Crippen LogP contribution in [0.5, 0.6) is 11.5 Å². The number of carbonyl (C=O) groups is 2. The van der Waals surface area contributed by atoms with Crippen molar-refractivity contribution in [3.8, 4) is 11.5 Å². The van der Waals surface area contributed by atoms with E-state index in [1.54, 1.807) is 0 Å². The largest absolute Gasteiger partial charge is 0.435 e. The molecule has 0 spiro atoms. The van der Waals surface area contributed by atoms with Crippen molar-refractivity contribution in [3.63, 3.8) is 0 Å². The summed E-state index contributed by atoms with van der Waals surface area (Å²) < 4.78 is 46.6. The molecule has 3 rings (SSSR count). The summed E-state index contributed by atoms with van der Waals surface area (Å²) in [5, 5.41) is 0. The van der Waals surface area contributed by atoms with Crippen LogP contribution in [0.2, 0.25) is 0 Å². The molecule has 0 fully saturated rings. The molecule has 0 saturated heterocycles. The second-order valence-corrected chi connectivity index (χ2v) is 6.06. The van der Waals surface area contributed by atoms with Gasteiger partial charge >= 0.3 is 12.6 Å². The molecule has 0 atom stereocenters. The van der Waals surface area contributed by atoms with E-state index in [4.69, 9.17) is 4.74 Å². The van der Waals surface area contributed by atoms with Gasteiger partial charge in [-0.25, -0.2) is 9.18 Å². The van der Waals surface area contributed by atoms with Crippen molar-refractivity contribution < 1.29 is 32.2 Å². The monoisotopic (exact) mass is 412 g/mol. The first-order valence-electron chi connectivity index (χ1n) is 8.76. The molecule has 0 amide bonds. The molecule has 0 aliphatic heterocycles. The third kappa shape index (κ3) is 5.81. The van der Waals surface area contributed by atoms with Crippen molar-refractivity contribution in [2.75, 3.05) is 0 Å². The first-order chi connectivity index (χ1) is 14.4. The van der Waals surface area contributed by atoms with Crippen LogP contribution in [0.3, 0.4) is 0 Å². The molecule has 7 heteroatoms. The highest BCUT2D eigenvalue weighted by molar-refractivity contribution is 6.09. The zero-order chi connectivity index (χ0) is 21.5. The summed E-state index contributed by atoms with van der Waals surface area (Å²) in [7, 11) is 0. The summed E-state index contributed by atoms with van der Waals surface area (Å²) in [4.78, 5) is 24.3. The van der Waals surface area contributed by atoms with Gasteiger partial charge in [0.25, 0.3) is 0 Å². The number of hydrogen-bond donors (Lipinski definition) is 0. The fourth-order valence-electron chi connectivity index (χ4n) is 2.52. The van der Waals surface area contributed by atoms with Gasteiger partial charge in [0.15, 0.2) is 5.78 Å². The van der Waals surface area contributed by atoms with Crippen LogP contribution in [0, 0.1) is 5.82 Å². The second-order valence-electron chi connectivity index (χ2n) is 6.06. The Kier molecular flexibility index (Phi) is 6.64. The second kappa shape index (κ2) is 9.56. The summed E-state index contributed by atoms with van der Waals surface area (Å²) in [6.07, 6.45) is 2.64. The van der Waals surface area contributed by atoms with Gasteiger partial charge in [0, 0.05) is 17.2 Å². The lowest BCUT2D eigenvalue weighted by molar-refractivity contribution is -0.128. The summed E-state index contributed by atoms with van der Waals surface area (Å²) in [6, 6.07) is 16.9. The predicted molar refractivity (Wildman–Crippen MR) is 104 cm³/mol. The third-order valence-electron chi connectivity index (χ3n) is 3.96. The van der Waals surface area contributed by atoms with Crippen LogP contribution in [-0.4, -0.2) is 18.4 Å². The summed E-state index contributed by atoms with van der Waals surface area (Å²) in [6.45, 7) is -2.90. The van der Waals surface area contributed by atoms with Crippen LogP contribution in [0.25, 0.3) is 6.08 Å². The van der Waals surface area contributed by atoms with Crippen LogP contribution in [-0.2, 0) is 4.79 Å². The maximum absolute atomic E-state index is 13.0. The van der Waals surface area contributed by atoms with Gasteiger partial charge in [0.2, 0.25) is 0 Å². The average molecular weight is 412 g/mol. The lowest BCUT2D eigenvalue weighted by atomic mass is 10.0. The topological polar surface area (TPSA) is 52.6 Å². The number of esters is 1. The number of ketones is 1. The molecule has 152 valence electrons. The minimum Gasteiger partial charge on any atom is -0.435 e. The first-order valence-corrected chi connectivity index (χ1v) is 8.76. The normalized spacial score (nSPS) is 10.9. The first kappa shape index (κ1) is 20.9. The van der Waals surface area contributed by atoms with Gasteiger partial charge < -0.3 is 9.47 Å². The molecule has 30 heavy (non-hydrogen) atoms. The fourth-order valence-corrected chi connectivity index (χ4v) is 2.52. The van der Waals surface area contributed by atoms with Gasteiger partial charge in [-0.1, -0.05) is 12.1 Å². The van der Waals surface area contributed by atoms with Gasteiger partial charge in [-0.15, -0.1) is 0 Å². The van der Waals surface area contributed by atoms with Gasteiger partial charge in [0.1, 0.15) is 17.3 Å². The molecule has 4 nitrogen and oxygen atoms in total. The van der Waals surface area contributed by atoms with Crippen molar-refractivity contribution in [2.24, 2.45) is 0 Å². The van der Waals surface area contributed by atoms with Crippen molar-refractivity contribution in [3.05, 3.63) is 101 Å². The van der Waals surface area contributed by atoms with Gasteiger partial charge in [0.05, 0.1) is 0 Å². The quantitative estimate of drug-likeness (QED) is 0.229. The molecule has 0 aromatic heterocycles. The standard InChI is InChI=1S/C23H15F3O4/c24-18-8-4-16(5-9-18)22(28)17-6-12-19(13-7-17)29-21(27)14-3-15-1-10-20(11-2-15)30-23(25)26/h1-14,23H/b14-3+. The summed E-state index contributed by atoms with van der Waals surface area (Å²) in [5.74, 6) is -1.12. The Morgan fingerprint density at radius 2 is 1.30 bits per heavy atom. The highest BCUT2D eigenvalue weighted by Gasteiger charge is 2.10. The predicted octanol–water partition coefficient (Wildman–Crippen LogP) is 5.28. The van der Waals surface area contributed by atoms with E-state index in [2.05, 4.69) is 4.74 Å². The molecule has 0 aliphatic rings. The Hall–Kier alpha value is -3.87. The molecular formula is C23H15F3O4. The Labute approximate surface area is 170 Å². The number of halogens is 3. The van der Waals surface area contributed by atoms with E-state index in [-0.39, 0.29) is 17.3 Å². The molecule has 0 radical (unpaired) electrons. The van der Waals surface area contributed by atoms with E-state index in [1.807, 2.05) is 0 Å². The molecule has 0 aliphatic carbocycles. The number of hydrogen-bond acceptors (Lipinski definition) is 4. The summed E-state index contributed by atoms with van der Waals surface area (Å²) >= 11 is 0. The van der Waals surface area contributed by atoms with Crippen molar-refractivity contribution >= 4 is 17.8 Å². The maximum atomic E-state index is 13.0. The highest BCUT2D eigenvalue weighted by Crippen LogP contribution is 2.18. The SMILES string of the molecule is O=C(/C=C/c1ccc(OC(F)F)cc1)Oc1ccc(C(=O)c2ccc(F)cc2)cc1. The number of ether oxygens (including phenoxy) is 2. The number of alkyl halides is 2. The Balaban J connectivity index is 1.58. The van der Waals surface area contributed by atoms with Crippen LogP contribution in [0.4, 0.5) is 13.2 Å². The van der Waals surface area contributed by atoms with E-state index in [1.165, 1.54) is 84.9 Å². The summed E-state index contributed by atoms with van der Waals surface area (Å²) in [5.41, 5.74) is 1.30. The van der Waals surface area contributed by atoms with Crippen molar-refractivity contribution in [1.29, 1.82) is 0 Å². The van der Waals surface area contributed by atoms with Gasteiger partial charge in [-0.3, -0.25) is 4.79 Å². The van der Waals surface area contributed by atoms with E-state index in [0.29, 0.717) is 16.7 Å². The van der Waals surface area contributed by atoms with E-state index in [9.17, 15) is 22.8 Å². The molecule has 0 saturated carbocycles. The molecular weight excluding hydrogens is 397 g/mol. The number of rotatable bonds is 7. The van der Waals surface area contributed by atoms with Crippen LogP contribution in [0.1, 0.15) is 21.5 Å². The van der Waals surface area contributed by atoms with Crippen molar-refractivity contribution in [2.45, 2.75) is 6.61 Å². The lowest BCUT2D eigenvalue weighted by Gasteiger charge is -2.05. The highest BCUT2D eigenvalue weighted by atomic mass is 19.3. The molecule has 0 unspecified atom stereocenters. The molecule has 3 aromatic carbocycles. The zero-order valence-corrected chi connectivity index (χ0v) is 15.4. The third-order valence-corrected chi connectivity index (χ3v) is 3.96. The number of carbonyl (C=O) groups excluding carboxylic acids is 2. The Morgan fingerprint density at radius 3 is 1.87 bits per heavy atom. The van der Waals surface area contributed by atoms with Crippen molar-refractivity contribution in [1.82, 2.24) is 0 Å². The fraction of sp³-hybridized carbons (Fsp3) is 0.0435. The minimum atomic E-state index is -2.90. The van der Waals surface area contributed by atoms with Gasteiger partial charge in [-0.2, -0.15) is 8.78 Å². The van der Waals surface area contributed by atoms with Crippen LogP contribution < -0.4 is 9.47 Å². The average Bonchev–Trinajstić information content (AvgIpc) is 2.73. The maximum Gasteiger partial charge on any atom is 0.387 e. The molecule has 3 aromatic rings. The van der Waals surface area contributed by atoms with Gasteiger partial charge in [-0.05, 0) is 72.3 Å².